The first-order valence-corrected chi connectivity index (χ1v) is 8.04. The minimum absolute atomic E-state index is 0.0273. The van der Waals surface area contributed by atoms with E-state index in [1.165, 1.54) is 6.20 Å². The van der Waals surface area contributed by atoms with Gasteiger partial charge in [0.05, 0.1) is 22.1 Å². The standard InChI is InChI=1S/C12H17N3O4S/c1-8-6-14-10(9(2)11(8)15(16)17)5-12(13)3-4-20(18,19)7-12/h6H,3-5,7,13H2,1-2H3. The van der Waals surface area contributed by atoms with Crippen molar-refractivity contribution >= 4 is 15.5 Å². The lowest BCUT2D eigenvalue weighted by Gasteiger charge is -2.22. The van der Waals surface area contributed by atoms with Gasteiger partial charge in [0.25, 0.3) is 5.69 Å². The normalized spacial score (nSPS) is 24.8. The van der Waals surface area contributed by atoms with Gasteiger partial charge in [-0.2, -0.15) is 0 Å². The fourth-order valence-electron chi connectivity index (χ4n) is 2.64. The minimum Gasteiger partial charge on any atom is -0.324 e. The second-order valence-electron chi connectivity index (χ2n) is 5.50. The van der Waals surface area contributed by atoms with E-state index in [2.05, 4.69) is 4.98 Å². The second-order valence-corrected chi connectivity index (χ2v) is 7.68. The summed E-state index contributed by atoms with van der Waals surface area (Å²) in [6, 6.07) is 0. The Labute approximate surface area is 117 Å². The van der Waals surface area contributed by atoms with Gasteiger partial charge in [-0.25, -0.2) is 8.42 Å². The van der Waals surface area contributed by atoms with Crippen LogP contribution in [0.25, 0.3) is 0 Å². The molecule has 0 saturated carbocycles. The predicted octanol–water partition coefficient (Wildman–Crippen LogP) is 0.665. The average molecular weight is 299 g/mol. The third-order valence-corrected chi connectivity index (χ3v) is 5.54. The molecule has 1 aliphatic heterocycles. The third-order valence-electron chi connectivity index (χ3n) is 3.70. The molecule has 1 aromatic rings. The number of nitrogens with two attached hydrogens (primary N) is 1. The van der Waals surface area contributed by atoms with E-state index >= 15 is 0 Å². The molecule has 1 fully saturated rings. The van der Waals surface area contributed by atoms with E-state index in [1.807, 2.05) is 0 Å². The first-order valence-electron chi connectivity index (χ1n) is 6.22. The molecular weight excluding hydrogens is 282 g/mol. The summed E-state index contributed by atoms with van der Waals surface area (Å²) in [5, 5.41) is 11.1. The van der Waals surface area contributed by atoms with Crippen LogP contribution in [0.1, 0.15) is 23.2 Å². The Morgan fingerprint density at radius 3 is 2.65 bits per heavy atom. The molecule has 0 aliphatic carbocycles. The van der Waals surface area contributed by atoms with Gasteiger partial charge in [0.2, 0.25) is 0 Å². The molecule has 0 amide bonds. The topological polar surface area (TPSA) is 116 Å². The summed E-state index contributed by atoms with van der Waals surface area (Å²) in [7, 11) is -3.11. The average Bonchev–Trinajstić information content (AvgIpc) is 2.57. The molecule has 2 N–H and O–H groups in total. The van der Waals surface area contributed by atoms with Crippen LogP contribution < -0.4 is 5.73 Å². The molecule has 0 radical (unpaired) electrons. The molecule has 8 heteroatoms. The smallest absolute Gasteiger partial charge is 0.278 e. The highest BCUT2D eigenvalue weighted by molar-refractivity contribution is 7.91. The fraction of sp³-hybridized carbons (Fsp3) is 0.583. The van der Waals surface area contributed by atoms with Crippen LogP contribution in [0.4, 0.5) is 5.69 Å². The van der Waals surface area contributed by atoms with Gasteiger partial charge in [-0.05, 0) is 20.3 Å². The molecule has 7 nitrogen and oxygen atoms in total. The number of hydrogen-bond donors (Lipinski definition) is 1. The number of pyridine rings is 1. The van der Waals surface area contributed by atoms with E-state index < -0.39 is 20.3 Å². The highest BCUT2D eigenvalue weighted by Crippen LogP contribution is 2.29. The summed E-state index contributed by atoms with van der Waals surface area (Å²) < 4.78 is 23.1. The van der Waals surface area contributed by atoms with Gasteiger partial charge in [-0.1, -0.05) is 0 Å². The number of nitrogens with zero attached hydrogens (tertiary/aromatic N) is 2. The van der Waals surface area contributed by atoms with Crippen molar-refractivity contribution in [3.63, 3.8) is 0 Å². The largest absolute Gasteiger partial charge is 0.324 e. The minimum atomic E-state index is -3.11. The van der Waals surface area contributed by atoms with Crippen molar-refractivity contribution in [1.29, 1.82) is 0 Å². The molecule has 1 atom stereocenters. The number of aryl methyl sites for hydroxylation is 1. The van der Waals surface area contributed by atoms with E-state index in [4.69, 9.17) is 5.73 Å². The summed E-state index contributed by atoms with van der Waals surface area (Å²) in [5.74, 6) is -0.0285. The summed E-state index contributed by atoms with van der Waals surface area (Å²) in [6.07, 6.45) is 2.03. The highest BCUT2D eigenvalue weighted by Gasteiger charge is 2.40. The summed E-state index contributed by atoms with van der Waals surface area (Å²) in [5.41, 5.74) is 6.71. The zero-order valence-electron chi connectivity index (χ0n) is 11.4. The Kier molecular flexibility index (Phi) is 3.55. The van der Waals surface area contributed by atoms with E-state index in [9.17, 15) is 18.5 Å². The Balaban J connectivity index is 2.36. The molecule has 2 heterocycles. The monoisotopic (exact) mass is 299 g/mol. The first kappa shape index (κ1) is 14.9. The zero-order valence-corrected chi connectivity index (χ0v) is 12.2. The number of rotatable bonds is 3. The molecule has 1 unspecified atom stereocenters. The molecule has 0 spiro atoms. The van der Waals surface area contributed by atoms with Crippen LogP contribution in [0.3, 0.4) is 0 Å². The van der Waals surface area contributed by atoms with Crippen LogP contribution in [-0.2, 0) is 16.3 Å². The lowest BCUT2D eigenvalue weighted by Crippen LogP contribution is -2.43. The van der Waals surface area contributed by atoms with Gasteiger partial charge >= 0.3 is 0 Å². The van der Waals surface area contributed by atoms with Crippen molar-refractivity contribution in [3.8, 4) is 0 Å². The third kappa shape index (κ3) is 2.80. The highest BCUT2D eigenvalue weighted by atomic mass is 32.2. The molecule has 1 aromatic heterocycles. The molecule has 0 aromatic carbocycles. The van der Waals surface area contributed by atoms with Crippen molar-refractivity contribution in [2.24, 2.45) is 5.73 Å². The quantitative estimate of drug-likeness (QED) is 0.647. The van der Waals surface area contributed by atoms with Crippen LogP contribution in [0.15, 0.2) is 6.20 Å². The number of nitro groups is 1. The lowest BCUT2D eigenvalue weighted by molar-refractivity contribution is -0.386. The predicted molar refractivity (Wildman–Crippen MR) is 74.3 cm³/mol. The summed E-state index contributed by atoms with van der Waals surface area (Å²) in [4.78, 5) is 14.8. The van der Waals surface area contributed by atoms with E-state index in [0.717, 1.165) is 0 Å². The molecule has 1 saturated heterocycles. The van der Waals surface area contributed by atoms with Gasteiger partial charge in [0, 0.05) is 29.3 Å². The SMILES string of the molecule is Cc1cnc(CC2(N)CCS(=O)(=O)C2)c(C)c1[N+](=O)[O-]. The molecule has 20 heavy (non-hydrogen) atoms. The van der Waals surface area contributed by atoms with Gasteiger partial charge in [0.15, 0.2) is 9.84 Å². The van der Waals surface area contributed by atoms with Crippen LogP contribution >= 0.6 is 0 Å². The Morgan fingerprint density at radius 2 is 2.15 bits per heavy atom. The van der Waals surface area contributed by atoms with Crippen molar-refractivity contribution in [2.45, 2.75) is 32.2 Å². The molecular formula is C12H17N3O4S. The Bertz CT molecular complexity index is 672. The van der Waals surface area contributed by atoms with Gasteiger partial charge < -0.3 is 5.73 Å². The maximum atomic E-state index is 11.5. The van der Waals surface area contributed by atoms with E-state index in [1.54, 1.807) is 13.8 Å². The fourth-order valence-corrected chi connectivity index (χ4v) is 4.62. The molecule has 110 valence electrons. The summed E-state index contributed by atoms with van der Waals surface area (Å²) >= 11 is 0. The molecule has 0 bridgehead atoms. The molecule has 1 aliphatic rings. The van der Waals surface area contributed by atoms with Crippen molar-refractivity contribution in [2.75, 3.05) is 11.5 Å². The van der Waals surface area contributed by atoms with Crippen LogP contribution in [0.2, 0.25) is 0 Å². The Morgan fingerprint density at radius 1 is 1.50 bits per heavy atom. The van der Waals surface area contributed by atoms with Gasteiger partial charge in [-0.15, -0.1) is 0 Å². The van der Waals surface area contributed by atoms with Crippen molar-refractivity contribution in [1.82, 2.24) is 4.98 Å². The maximum Gasteiger partial charge on any atom is 0.278 e. The maximum absolute atomic E-state index is 11.5. The van der Waals surface area contributed by atoms with Crippen molar-refractivity contribution < 1.29 is 13.3 Å². The number of sulfone groups is 1. The molecule has 2 rings (SSSR count). The van der Waals surface area contributed by atoms with Crippen LogP contribution in [0, 0.1) is 24.0 Å². The van der Waals surface area contributed by atoms with E-state index in [-0.39, 0.29) is 23.6 Å². The second kappa shape index (κ2) is 4.78. The van der Waals surface area contributed by atoms with Crippen LogP contribution in [-0.4, -0.2) is 35.4 Å². The number of aromatic nitrogens is 1. The van der Waals surface area contributed by atoms with Gasteiger partial charge in [-0.3, -0.25) is 15.1 Å². The zero-order chi connectivity index (χ0) is 15.1. The van der Waals surface area contributed by atoms with E-state index in [0.29, 0.717) is 23.2 Å². The first-order chi connectivity index (χ1) is 9.14. The van der Waals surface area contributed by atoms with Crippen LogP contribution in [0.5, 0.6) is 0 Å². The Hall–Kier alpha value is -1.54. The lowest BCUT2D eigenvalue weighted by atomic mass is 9.91. The van der Waals surface area contributed by atoms with Gasteiger partial charge in [0.1, 0.15) is 0 Å². The number of hydrogen-bond acceptors (Lipinski definition) is 6. The van der Waals surface area contributed by atoms with Crippen molar-refractivity contribution in [3.05, 3.63) is 33.1 Å². The summed E-state index contributed by atoms with van der Waals surface area (Å²) in [6.45, 7) is 3.25.